The van der Waals surface area contributed by atoms with Crippen molar-refractivity contribution < 1.29 is 4.74 Å². The largest absolute Gasteiger partial charge is 0.469 e. The summed E-state index contributed by atoms with van der Waals surface area (Å²) in [6.07, 6.45) is 1.61. The third-order valence-corrected chi connectivity index (χ3v) is 2.01. The predicted octanol–water partition coefficient (Wildman–Crippen LogP) is 0.666. The minimum atomic E-state index is 0.648. The number of nitrogen functional groups attached to an aromatic ring is 1. The molecule has 1 aromatic rings. The molecule has 0 saturated heterocycles. The summed E-state index contributed by atoms with van der Waals surface area (Å²) in [5.74, 6) is 0. The molecule has 0 atom stereocenters. The normalized spacial score (nSPS) is 10.6. The van der Waals surface area contributed by atoms with Gasteiger partial charge in [-0.25, -0.2) is 4.98 Å². The van der Waals surface area contributed by atoms with Crippen LogP contribution in [0.5, 0.6) is 5.19 Å². The lowest BCUT2D eigenvalue weighted by Gasteiger charge is -2.08. The molecule has 4 nitrogen and oxygen atoms in total. The average molecular weight is 187 g/mol. The lowest BCUT2D eigenvalue weighted by molar-refractivity contribution is 0.260. The van der Waals surface area contributed by atoms with Crippen molar-refractivity contribution in [1.82, 2.24) is 9.88 Å². The summed E-state index contributed by atoms with van der Waals surface area (Å²) in [4.78, 5) is 6.02. The molecule has 1 aromatic heterocycles. The highest BCUT2D eigenvalue weighted by atomic mass is 32.1. The van der Waals surface area contributed by atoms with E-state index in [-0.39, 0.29) is 0 Å². The second-order valence-electron chi connectivity index (χ2n) is 2.68. The molecule has 0 fully saturated rings. The van der Waals surface area contributed by atoms with Crippen molar-refractivity contribution in [3.63, 3.8) is 0 Å². The second kappa shape index (κ2) is 4.27. The van der Waals surface area contributed by atoms with E-state index in [1.807, 2.05) is 14.1 Å². The van der Waals surface area contributed by atoms with Crippen LogP contribution in [0.15, 0.2) is 6.20 Å². The number of likely N-dealkylation sites (N-methyl/N-ethyl adjacent to an activating group) is 1. The van der Waals surface area contributed by atoms with Crippen LogP contribution in [0.3, 0.4) is 0 Å². The van der Waals surface area contributed by atoms with E-state index in [0.29, 0.717) is 16.8 Å². The Bertz CT molecular complexity index is 236. The number of hydrogen-bond donors (Lipinski definition) is 1. The Morgan fingerprint density at radius 1 is 1.67 bits per heavy atom. The highest BCUT2D eigenvalue weighted by molar-refractivity contribution is 7.17. The van der Waals surface area contributed by atoms with Crippen LogP contribution in [0, 0.1) is 0 Å². The topological polar surface area (TPSA) is 51.4 Å². The van der Waals surface area contributed by atoms with Gasteiger partial charge in [0, 0.05) is 6.54 Å². The van der Waals surface area contributed by atoms with Crippen molar-refractivity contribution in [2.45, 2.75) is 0 Å². The summed E-state index contributed by atoms with van der Waals surface area (Å²) in [7, 11) is 4.00. The Hall–Kier alpha value is -0.810. The van der Waals surface area contributed by atoms with Crippen molar-refractivity contribution in [2.24, 2.45) is 0 Å². The van der Waals surface area contributed by atoms with Gasteiger partial charge in [-0.3, -0.25) is 0 Å². The van der Waals surface area contributed by atoms with Crippen LogP contribution in [-0.2, 0) is 0 Å². The van der Waals surface area contributed by atoms with Gasteiger partial charge in [-0.15, -0.1) is 0 Å². The molecule has 0 unspecified atom stereocenters. The van der Waals surface area contributed by atoms with E-state index in [4.69, 9.17) is 10.5 Å². The number of thiazole rings is 1. The van der Waals surface area contributed by atoms with Crippen molar-refractivity contribution in [2.75, 3.05) is 33.0 Å². The minimum Gasteiger partial charge on any atom is -0.469 e. The molecule has 68 valence electrons. The van der Waals surface area contributed by atoms with E-state index in [0.717, 1.165) is 6.54 Å². The van der Waals surface area contributed by atoms with Gasteiger partial charge in [-0.1, -0.05) is 11.3 Å². The SMILES string of the molecule is CN(C)CCOc1ncc(N)s1. The molecule has 5 heteroatoms. The summed E-state index contributed by atoms with van der Waals surface area (Å²) < 4.78 is 5.32. The molecule has 0 amide bonds. The highest BCUT2D eigenvalue weighted by Crippen LogP contribution is 2.21. The Kier molecular flexibility index (Phi) is 3.31. The molecule has 1 rings (SSSR count). The maximum absolute atomic E-state index is 5.48. The number of ether oxygens (including phenoxy) is 1. The van der Waals surface area contributed by atoms with E-state index in [1.54, 1.807) is 6.20 Å². The van der Waals surface area contributed by atoms with E-state index in [2.05, 4.69) is 9.88 Å². The van der Waals surface area contributed by atoms with Crippen molar-refractivity contribution in [1.29, 1.82) is 0 Å². The van der Waals surface area contributed by atoms with Crippen LogP contribution in [0.1, 0.15) is 0 Å². The summed E-state index contributed by atoms with van der Waals surface area (Å²) >= 11 is 1.37. The molecular weight excluding hydrogens is 174 g/mol. The fraction of sp³-hybridized carbons (Fsp3) is 0.571. The predicted molar refractivity (Wildman–Crippen MR) is 50.6 cm³/mol. The Morgan fingerprint density at radius 3 is 2.92 bits per heavy atom. The van der Waals surface area contributed by atoms with Crippen molar-refractivity contribution in [3.05, 3.63) is 6.20 Å². The van der Waals surface area contributed by atoms with Crippen LogP contribution in [0.25, 0.3) is 0 Å². The molecule has 0 saturated carbocycles. The first-order valence-electron chi connectivity index (χ1n) is 3.67. The molecule has 0 bridgehead atoms. The smallest absolute Gasteiger partial charge is 0.275 e. The van der Waals surface area contributed by atoms with Gasteiger partial charge >= 0.3 is 0 Å². The third-order valence-electron chi connectivity index (χ3n) is 1.27. The minimum absolute atomic E-state index is 0.648. The fourth-order valence-corrected chi connectivity index (χ4v) is 1.21. The molecular formula is C7H13N3OS. The van der Waals surface area contributed by atoms with Crippen LogP contribution >= 0.6 is 11.3 Å². The van der Waals surface area contributed by atoms with Gasteiger partial charge in [0.2, 0.25) is 0 Å². The third kappa shape index (κ3) is 3.06. The van der Waals surface area contributed by atoms with E-state index in [1.165, 1.54) is 11.3 Å². The number of rotatable bonds is 4. The Morgan fingerprint density at radius 2 is 2.42 bits per heavy atom. The average Bonchev–Trinajstić information content (AvgIpc) is 2.35. The molecule has 0 radical (unpaired) electrons. The zero-order chi connectivity index (χ0) is 8.97. The zero-order valence-electron chi connectivity index (χ0n) is 7.28. The van der Waals surface area contributed by atoms with Crippen LogP contribution in [0.4, 0.5) is 5.00 Å². The lowest BCUT2D eigenvalue weighted by atomic mass is 10.6. The summed E-state index contributed by atoms with van der Waals surface area (Å²) in [5.41, 5.74) is 5.48. The molecule has 0 spiro atoms. The Balaban J connectivity index is 2.24. The second-order valence-corrected chi connectivity index (χ2v) is 3.71. The fourth-order valence-electron chi connectivity index (χ4n) is 0.652. The van der Waals surface area contributed by atoms with Crippen molar-refractivity contribution >= 4 is 16.3 Å². The highest BCUT2D eigenvalue weighted by Gasteiger charge is 1.99. The van der Waals surface area contributed by atoms with Crippen LogP contribution in [0.2, 0.25) is 0 Å². The van der Waals surface area contributed by atoms with E-state index >= 15 is 0 Å². The van der Waals surface area contributed by atoms with E-state index in [9.17, 15) is 0 Å². The number of hydrogen-bond acceptors (Lipinski definition) is 5. The van der Waals surface area contributed by atoms with E-state index < -0.39 is 0 Å². The molecule has 0 aliphatic rings. The first kappa shape index (κ1) is 9.28. The van der Waals surface area contributed by atoms with Gasteiger partial charge in [0.1, 0.15) is 11.6 Å². The molecule has 0 aliphatic carbocycles. The molecule has 1 heterocycles. The molecule has 2 N–H and O–H groups in total. The van der Waals surface area contributed by atoms with Gasteiger partial charge in [-0.05, 0) is 14.1 Å². The number of nitrogens with zero attached hydrogens (tertiary/aromatic N) is 2. The van der Waals surface area contributed by atoms with Gasteiger partial charge < -0.3 is 15.4 Å². The standard InChI is InChI=1S/C7H13N3OS/c1-10(2)3-4-11-7-9-5-6(8)12-7/h5H,3-4,8H2,1-2H3. The quantitative estimate of drug-likeness (QED) is 0.752. The molecule has 0 aromatic carbocycles. The number of nitrogens with two attached hydrogens (primary N) is 1. The van der Waals surface area contributed by atoms with Crippen molar-refractivity contribution in [3.8, 4) is 5.19 Å². The monoisotopic (exact) mass is 187 g/mol. The Labute approximate surface area is 76.0 Å². The first-order valence-corrected chi connectivity index (χ1v) is 4.49. The van der Waals surface area contributed by atoms with Gasteiger partial charge in [0.05, 0.1) is 6.20 Å². The summed E-state index contributed by atoms with van der Waals surface area (Å²) in [6, 6.07) is 0. The maximum Gasteiger partial charge on any atom is 0.275 e. The summed E-state index contributed by atoms with van der Waals surface area (Å²) in [6.45, 7) is 1.54. The van der Waals surface area contributed by atoms with Gasteiger partial charge in [0.25, 0.3) is 5.19 Å². The lowest BCUT2D eigenvalue weighted by Crippen LogP contribution is -2.19. The van der Waals surface area contributed by atoms with Crippen LogP contribution < -0.4 is 10.5 Å². The van der Waals surface area contributed by atoms with Gasteiger partial charge in [0.15, 0.2) is 0 Å². The maximum atomic E-state index is 5.48. The number of aromatic nitrogens is 1. The molecule has 12 heavy (non-hydrogen) atoms. The van der Waals surface area contributed by atoms with Gasteiger partial charge in [-0.2, -0.15) is 0 Å². The molecule has 0 aliphatic heterocycles. The number of anilines is 1. The zero-order valence-corrected chi connectivity index (χ0v) is 8.10. The first-order chi connectivity index (χ1) is 5.68. The van der Waals surface area contributed by atoms with Crippen LogP contribution in [-0.4, -0.2) is 37.1 Å². The summed E-state index contributed by atoms with van der Waals surface area (Å²) in [5, 5.41) is 1.34.